The minimum atomic E-state index is 0.365. The molecular formula is C16H17N5OS2. The summed E-state index contributed by atoms with van der Waals surface area (Å²) in [5.41, 5.74) is 8.66. The van der Waals surface area contributed by atoms with Crippen LogP contribution in [0.15, 0.2) is 33.6 Å². The van der Waals surface area contributed by atoms with Crippen molar-refractivity contribution in [3.63, 3.8) is 0 Å². The number of aryl methyl sites for hydroxylation is 2. The van der Waals surface area contributed by atoms with Gasteiger partial charge in [0.05, 0.1) is 16.8 Å². The molecule has 2 aromatic heterocycles. The number of ether oxygens (including phenoxy) is 1. The molecular weight excluding hydrogens is 342 g/mol. The smallest absolute Gasteiger partial charge is 0.252 e. The number of thiazole rings is 1. The number of benzene rings is 1. The van der Waals surface area contributed by atoms with Crippen molar-refractivity contribution in [3.8, 4) is 5.75 Å². The Morgan fingerprint density at radius 3 is 2.67 bits per heavy atom. The Labute approximate surface area is 148 Å². The summed E-state index contributed by atoms with van der Waals surface area (Å²) in [6.45, 7) is 6.41. The van der Waals surface area contributed by atoms with E-state index in [9.17, 15) is 0 Å². The molecule has 2 heterocycles. The molecule has 0 atom stereocenters. The third kappa shape index (κ3) is 4.01. The molecule has 6 nitrogen and oxygen atoms in total. The summed E-state index contributed by atoms with van der Waals surface area (Å²) in [4.78, 5) is 17.4. The minimum Gasteiger partial charge on any atom is -0.494 e. The Hall–Kier alpha value is -2.19. The molecule has 0 amide bonds. The van der Waals surface area contributed by atoms with Gasteiger partial charge in [-0.3, -0.25) is 0 Å². The highest BCUT2D eigenvalue weighted by molar-refractivity contribution is 8.15. The molecule has 2 N–H and O–H groups in total. The van der Waals surface area contributed by atoms with Crippen LogP contribution in [0.4, 0.5) is 5.95 Å². The molecule has 0 saturated carbocycles. The van der Waals surface area contributed by atoms with Gasteiger partial charge < -0.3 is 10.5 Å². The topological polar surface area (TPSA) is 86.3 Å². The number of aliphatic imine (C=N–C) groups is 1. The van der Waals surface area contributed by atoms with E-state index < -0.39 is 0 Å². The van der Waals surface area contributed by atoms with Gasteiger partial charge in [-0.05, 0) is 56.8 Å². The molecule has 3 rings (SSSR count). The van der Waals surface area contributed by atoms with Gasteiger partial charge in [-0.25, -0.2) is 15.0 Å². The molecule has 0 fully saturated rings. The van der Waals surface area contributed by atoms with Crippen molar-refractivity contribution in [1.82, 2.24) is 15.0 Å². The summed E-state index contributed by atoms with van der Waals surface area (Å²) in [5, 5.41) is 0.365. The first-order chi connectivity index (χ1) is 11.5. The number of rotatable bonds is 4. The summed E-state index contributed by atoms with van der Waals surface area (Å²) in [6, 6.07) is 7.74. The second-order valence-corrected chi connectivity index (χ2v) is 7.34. The van der Waals surface area contributed by atoms with E-state index in [1.54, 1.807) is 11.3 Å². The summed E-state index contributed by atoms with van der Waals surface area (Å²) >= 11 is 2.86. The lowest BCUT2D eigenvalue weighted by Gasteiger charge is -2.00. The summed E-state index contributed by atoms with van der Waals surface area (Å²) in [5.74, 6) is 1.22. The molecule has 0 spiro atoms. The van der Waals surface area contributed by atoms with E-state index in [0.717, 1.165) is 31.7 Å². The quantitative estimate of drug-likeness (QED) is 0.433. The van der Waals surface area contributed by atoms with Crippen LogP contribution >= 0.6 is 23.1 Å². The minimum absolute atomic E-state index is 0.365. The van der Waals surface area contributed by atoms with Crippen molar-refractivity contribution in [1.29, 1.82) is 0 Å². The van der Waals surface area contributed by atoms with Gasteiger partial charge in [-0.15, -0.1) is 11.3 Å². The molecule has 0 unspecified atom stereocenters. The number of fused-ring (bicyclic) bond motifs is 1. The second kappa shape index (κ2) is 7.14. The first kappa shape index (κ1) is 16.7. The molecule has 124 valence electrons. The number of thioether (sulfide) groups is 1. The fraction of sp³-hybridized carbons (Fsp3) is 0.250. The molecule has 0 aliphatic heterocycles. The number of amidine groups is 1. The van der Waals surface area contributed by atoms with Gasteiger partial charge in [0.15, 0.2) is 9.51 Å². The monoisotopic (exact) mass is 359 g/mol. The molecule has 0 saturated heterocycles. The van der Waals surface area contributed by atoms with E-state index in [1.165, 1.54) is 11.8 Å². The van der Waals surface area contributed by atoms with Crippen LogP contribution in [0.5, 0.6) is 5.75 Å². The second-order valence-electron chi connectivity index (χ2n) is 5.05. The number of nitrogens with two attached hydrogens (primary N) is 1. The van der Waals surface area contributed by atoms with E-state index in [4.69, 9.17) is 10.5 Å². The van der Waals surface area contributed by atoms with Crippen LogP contribution in [-0.4, -0.2) is 26.7 Å². The van der Waals surface area contributed by atoms with Crippen LogP contribution < -0.4 is 10.5 Å². The van der Waals surface area contributed by atoms with Crippen LogP contribution in [-0.2, 0) is 0 Å². The molecule has 8 heteroatoms. The fourth-order valence-electron chi connectivity index (χ4n) is 2.15. The van der Waals surface area contributed by atoms with Gasteiger partial charge in [0.1, 0.15) is 5.75 Å². The maximum Gasteiger partial charge on any atom is 0.252 e. The Balaban J connectivity index is 1.81. The van der Waals surface area contributed by atoms with E-state index in [0.29, 0.717) is 17.7 Å². The van der Waals surface area contributed by atoms with E-state index >= 15 is 0 Å². The largest absolute Gasteiger partial charge is 0.494 e. The predicted octanol–water partition coefficient (Wildman–Crippen LogP) is 3.84. The van der Waals surface area contributed by atoms with E-state index in [-0.39, 0.29) is 0 Å². The number of aromatic nitrogens is 3. The van der Waals surface area contributed by atoms with E-state index in [1.807, 2.05) is 45.0 Å². The van der Waals surface area contributed by atoms with Crippen LogP contribution in [0.3, 0.4) is 0 Å². The molecule has 0 aliphatic carbocycles. The van der Waals surface area contributed by atoms with Gasteiger partial charge in [0, 0.05) is 11.4 Å². The number of hydrogen-bond acceptors (Lipinski definition) is 7. The molecule has 0 aliphatic rings. The fourth-order valence-corrected chi connectivity index (χ4v) is 4.02. The van der Waals surface area contributed by atoms with Crippen molar-refractivity contribution < 1.29 is 4.74 Å². The van der Waals surface area contributed by atoms with Gasteiger partial charge in [0.25, 0.3) is 5.95 Å². The molecule has 3 aromatic rings. The maximum absolute atomic E-state index is 6.01. The van der Waals surface area contributed by atoms with Crippen molar-refractivity contribution >= 4 is 44.4 Å². The van der Waals surface area contributed by atoms with Crippen LogP contribution in [0.1, 0.15) is 18.3 Å². The molecule has 0 bridgehead atoms. The highest BCUT2D eigenvalue weighted by Gasteiger charge is 2.09. The predicted molar refractivity (Wildman–Crippen MR) is 99.4 cm³/mol. The third-order valence-electron chi connectivity index (χ3n) is 3.02. The van der Waals surface area contributed by atoms with Crippen LogP contribution in [0.2, 0.25) is 0 Å². The maximum atomic E-state index is 6.01. The SMILES string of the molecule is CCOc1ccc2nc(S/C(N)=N/c3nc(C)cc(C)n3)sc2c1. The zero-order valence-corrected chi connectivity index (χ0v) is 15.2. The first-order valence-electron chi connectivity index (χ1n) is 7.41. The lowest BCUT2D eigenvalue weighted by atomic mass is 10.3. The van der Waals surface area contributed by atoms with Crippen molar-refractivity contribution in [2.75, 3.05) is 6.61 Å². The Bertz CT molecular complexity index is 886. The average molecular weight is 359 g/mol. The zero-order chi connectivity index (χ0) is 17.1. The Kier molecular flexibility index (Phi) is 4.96. The van der Waals surface area contributed by atoms with Crippen LogP contribution in [0, 0.1) is 13.8 Å². The Morgan fingerprint density at radius 1 is 1.21 bits per heavy atom. The van der Waals surface area contributed by atoms with Crippen LogP contribution in [0.25, 0.3) is 10.2 Å². The standard InChI is InChI=1S/C16H17N5OS2/c1-4-22-11-5-6-12-13(8-11)23-16(20-12)24-14(17)21-15-18-9(2)7-10(3)19-15/h5-8H,4H2,1-3H3,(H2,17,18,19,21). The summed E-state index contributed by atoms with van der Waals surface area (Å²) < 4.78 is 7.39. The van der Waals surface area contributed by atoms with Crippen molar-refractivity contribution in [2.45, 2.75) is 25.1 Å². The average Bonchev–Trinajstić information content (AvgIpc) is 2.87. The van der Waals surface area contributed by atoms with Gasteiger partial charge >= 0.3 is 0 Å². The third-order valence-corrected chi connectivity index (χ3v) is 4.90. The molecule has 1 aromatic carbocycles. The number of hydrogen-bond donors (Lipinski definition) is 1. The lowest BCUT2D eigenvalue weighted by Crippen LogP contribution is -2.06. The number of nitrogens with zero attached hydrogens (tertiary/aromatic N) is 4. The molecule has 0 radical (unpaired) electrons. The first-order valence-corrected chi connectivity index (χ1v) is 9.04. The summed E-state index contributed by atoms with van der Waals surface area (Å²) in [7, 11) is 0. The van der Waals surface area contributed by atoms with Gasteiger partial charge in [-0.2, -0.15) is 4.99 Å². The highest BCUT2D eigenvalue weighted by Crippen LogP contribution is 2.32. The lowest BCUT2D eigenvalue weighted by molar-refractivity contribution is 0.341. The highest BCUT2D eigenvalue weighted by atomic mass is 32.2. The molecule has 24 heavy (non-hydrogen) atoms. The Morgan fingerprint density at radius 2 is 1.96 bits per heavy atom. The van der Waals surface area contributed by atoms with Crippen molar-refractivity contribution in [2.24, 2.45) is 10.7 Å². The normalized spacial score (nSPS) is 11.9. The summed E-state index contributed by atoms with van der Waals surface area (Å²) in [6.07, 6.45) is 0. The van der Waals surface area contributed by atoms with Gasteiger partial charge in [0.2, 0.25) is 0 Å². The van der Waals surface area contributed by atoms with Crippen molar-refractivity contribution in [3.05, 3.63) is 35.7 Å². The zero-order valence-electron chi connectivity index (χ0n) is 13.6. The van der Waals surface area contributed by atoms with Gasteiger partial charge in [-0.1, -0.05) is 0 Å². The van der Waals surface area contributed by atoms with E-state index in [2.05, 4.69) is 19.9 Å².